The Bertz CT molecular complexity index is 295. The van der Waals surface area contributed by atoms with Crippen LogP contribution in [0.5, 0.6) is 0 Å². The molecule has 0 heterocycles. The molecule has 3 atom stereocenters. The summed E-state index contributed by atoms with van der Waals surface area (Å²) in [5, 5.41) is 0. The maximum absolute atomic E-state index is 3.80. The van der Waals surface area contributed by atoms with E-state index in [1.165, 1.54) is 31.2 Å². The smallest absolute Gasteiger partial charge is 0.0151 e. The molecule has 0 aliphatic heterocycles. The molecule has 2 heteroatoms. The van der Waals surface area contributed by atoms with Crippen LogP contribution in [0, 0.1) is 6.07 Å². The Balaban J connectivity index is 2.67. The van der Waals surface area contributed by atoms with Crippen molar-refractivity contribution in [1.82, 2.24) is 0 Å². The lowest BCUT2D eigenvalue weighted by atomic mass is 9.89. The van der Waals surface area contributed by atoms with Gasteiger partial charge in [0.25, 0.3) is 0 Å². The number of alkyl halides is 2. The molecule has 0 aromatic heterocycles. The highest BCUT2D eigenvalue weighted by Gasteiger charge is 2.17. The van der Waals surface area contributed by atoms with E-state index in [0.717, 1.165) is 0 Å². The van der Waals surface area contributed by atoms with Gasteiger partial charge < -0.3 is 0 Å². The predicted molar refractivity (Wildman–Crippen MR) is 83.3 cm³/mol. The molecule has 0 amide bonds. The van der Waals surface area contributed by atoms with E-state index in [9.17, 15) is 0 Å². The van der Waals surface area contributed by atoms with E-state index in [1.54, 1.807) is 0 Å². The minimum absolute atomic E-state index is 0.558. The van der Waals surface area contributed by atoms with Crippen LogP contribution in [0.15, 0.2) is 24.3 Å². The molecule has 0 aliphatic rings. The van der Waals surface area contributed by atoms with Gasteiger partial charge in [-0.05, 0) is 36.8 Å². The fourth-order valence-electron chi connectivity index (χ4n) is 2.14. The zero-order chi connectivity index (χ0) is 12.7. The highest BCUT2D eigenvalue weighted by molar-refractivity contribution is 9.09. The van der Waals surface area contributed by atoms with Crippen molar-refractivity contribution >= 4 is 31.9 Å². The fourth-order valence-corrected chi connectivity index (χ4v) is 3.50. The second kappa shape index (κ2) is 8.31. The molecular weight excluding hydrogens is 340 g/mol. The molecule has 0 spiro atoms. The molecule has 0 saturated heterocycles. The Morgan fingerprint density at radius 1 is 1.24 bits per heavy atom. The molecule has 95 valence electrons. The van der Waals surface area contributed by atoms with Crippen molar-refractivity contribution < 1.29 is 0 Å². The zero-order valence-electron chi connectivity index (χ0n) is 10.6. The van der Waals surface area contributed by atoms with Crippen molar-refractivity contribution in [2.24, 2.45) is 0 Å². The predicted octanol–water partition coefficient (Wildman–Crippen LogP) is 5.70. The lowest BCUT2D eigenvalue weighted by Gasteiger charge is -2.21. The van der Waals surface area contributed by atoms with Gasteiger partial charge in [-0.15, -0.1) is 0 Å². The third-order valence-electron chi connectivity index (χ3n) is 2.92. The lowest BCUT2D eigenvalue weighted by molar-refractivity contribution is 0.550. The first-order valence-corrected chi connectivity index (χ1v) is 8.21. The molecule has 0 fully saturated rings. The molecule has 0 aliphatic carbocycles. The van der Waals surface area contributed by atoms with Crippen LogP contribution in [0.1, 0.15) is 51.0 Å². The third-order valence-corrected chi connectivity index (χ3v) is 4.13. The highest BCUT2D eigenvalue weighted by atomic mass is 79.9. The summed E-state index contributed by atoms with van der Waals surface area (Å²) in [5.74, 6) is 0.599. The summed E-state index contributed by atoms with van der Waals surface area (Å²) in [5.41, 5.74) is 1.35. The van der Waals surface area contributed by atoms with Gasteiger partial charge in [-0.3, -0.25) is 0 Å². The van der Waals surface area contributed by atoms with Gasteiger partial charge in [-0.2, -0.15) is 0 Å². The van der Waals surface area contributed by atoms with Crippen molar-refractivity contribution in [3.05, 3.63) is 35.9 Å². The summed E-state index contributed by atoms with van der Waals surface area (Å²) < 4.78 is 0. The number of hydrogen-bond acceptors (Lipinski definition) is 0. The summed E-state index contributed by atoms with van der Waals surface area (Å²) in [6.45, 7) is 4.46. The van der Waals surface area contributed by atoms with Crippen LogP contribution in [0.3, 0.4) is 0 Å². The normalized spacial score (nSPS) is 16.5. The van der Waals surface area contributed by atoms with Crippen molar-refractivity contribution in [1.29, 1.82) is 0 Å². The Hall–Kier alpha value is 0.180. The summed E-state index contributed by atoms with van der Waals surface area (Å²) >= 11 is 7.47. The average molecular weight is 361 g/mol. The summed E-state index contributed by atoms with van der Waals surface area (Å²) in [6.07, 6.45) is 4.86. The average Bonchev–Trinajstić information content (AvgIpc) is 2.29. The van der Waals surface area contributed by atoms with Crippen molar-refractivity contribution in [2.75, 3.05) is 0 Å². The largest absolute Gasteiger partial charge is 0.0893 e. The van der Waals surface area contributed by atoms with Crippen LogP contribution in [0.2, 0.25) is 0 Å². The van der Waals surface area contributed by atoms with Crippen molar-refractivity contribution in [3.8, 4) is 0 Å². The van der Waals surface area contributed by atoms with Crippen molar-refractivity contribution in [2.45, 2.75) is 55.1 Å². The summed E-state index contributed by atoms with van der Waals surface area (Å²) in [7, 11) is 0. The number of hydrogen-bond donors (Lipinski definition) is 0. The Morgan fingerprint density at radius 2 is 2.00 bits per heavy atom. The Labute approximate surface area is 122 Å². The number of halogens is 2. The van der Waals surface area contributed by atoms with Crippen LogP contribution < -0.4 is 0 Å². The fraction of sp³-hybridized carbons (Fsp3) is 0.600. The van der Waals surface area contributed by atoms with Gasteiger partial charge in [0.05, 0.1) is 0 Å². The maximum atomic E-state index is 3.80. The number of benzene rings is 1. The SMILES string of the molecule is CCCC(Br)CC(CC(C)Br)c1[c]cccc1. The van der Waals surface area contributed by atoms with E-state index in [1.807, 2.05) is 12.1 Å². The Kier molecular flexibility index (Phi) is 7.45. The maximum Gasteiger partial charge on any atom is 0.0151 e. The van der Waals surface area contributed by atoms with Crippen LogP contribution in [-0.4, -0.2) is 9.65 Å². The molecule has 0 nitrogen and oxygen atoms in total. The standard InChI is InChI=1S/C15H21Br2/c1-3-7-15(17)11-14(10-12(2)16)13-8-5-4-6-9-13/h4-6,8,12,14-15H,3,7,10-11H2,1-2H3. The van der Waals surface area contributed by atoms with E-state index >= 15 is 0 Å². The van der Waals surface area contributed by atoms with Gasteiger partial charge in [-0.25, -0.2) is 0 Å². The second-order valence-electron chi connectivity index (χ2n) is 4.65. The lowest BCUT2D eigenvalue weighted by Crippen LogP contribution is -2.10. The molecule has 1 aromatic rings. The quantitative estimate of drug-likeness (QED) is 0.547. The molecule has 1 rings (SSSR count). The second-order valence-corrected chi connectivity index (χ2v) is 7.51. The van der Waals surface area contributed by atoms with Crippen LogP contribution in [-0.2, 0) is 0 Å². The molecule has 0 N–H and O–H groups in total. The molecule has 0 bridgehead atoms. The molecule has 3 unspecified atom stereocenters. The molecular formula is C15H21Br2. The van der Waals surface area contributed by atoms with Gasteiger partial charge in [0.1, 0.15) is 0 Å². The van der Waals surface area contributed by atoms with Gasteiger partial charge >= 0.3 is 0 Å². The van der Waals surface area contributed by atoms with Gasteiger partial charge in [-0.1, -0.05) is 76.4 Å². The van der Waals surface area contributed by atoms with E-state index in [-0.39, 0.29) is 0 Å². The van der Waals surface area contributed by atoms with Crippen LogP contribution in [0.25, 0.3) is 0 Å². The summed E-state index contributed by atoms with van der Waals surface area (Å²) in [6, 6.07) is 11.7. The van der Waals surface area contributed by atoms with E-state index in [2.05, 4.69) is 63.9 Å². The molecule has 17 heavy (non-hydrogen) atoms. The first-order valence-electron chi connectivity index (χ1n) is 6.38. The van der Waals surface area contributed by atoms with Crippen LogP contribution >= 0.6 is 31.9 Å². The van der Waals surface area contributed by atoms with Crippen molar-refractivity contribution in [3.63, 3.8) is 0 Å². The van der Waals surface area contributed by atoms with Gasteiger partial charge in [0.15, 0.2) is 0 Å². The van der Waals surface area contributed by atoms with Crippen LogP contribution in [0.4, 0.5) is 0 Å². The minimum Gasteiger partial charge on any atom is -0.0893 e. The molecule has 0 saturated carbocycles. The topological polar surface area (TPSA) is 0 Å². The van der Waals surface area contributed by atoms with E-state index in [4.69, 9.17) is 0 Å². The summed E-state index contributed by atoms with van der Waals surface area (Å²) in [4.78, 5) is 1.18. The van der Waals surface area contributed by atoms with E-state index < -0.39 is 0 Å². The van der Waals surface area contributed by atoms with Gasteiger partial charge in [0, 0.05) is 9.65 Å². The molecule has 1 aromatic carbocycles. The van der Waals surface area contributed by atoms with Gasteiger partial charge in [0.2, 0.25) is 0 Å². The molecule has 1 radical (unpaired) electrons. The highest BCUT2D eigenvalue weighted by Crippen LogP contribution is 2.31. The minimum atomic E-state index is 0.558. The third kappa shape index (κ3) is 6.05. The first-order chi connectivity index (χ1) is 8.13. The number of rotatable bonds is 7. The monoisotopic (exact) mass is 359 g/mol. The first kappa shape index (κ1) is 15.2. The Morgan fingerprint density at radius 3 is 2.53 bits per heavy atom. The zero-order valence-corrected chi connectivity index (χ0v) is 13.8. The van der Waals surface area contributed by atoms with E-state index in [0.29, 0.717) is 15.6 Å².